The van der Waals surface area contributed by atoms with Crippen LogP contribution in [0.2, 0.25) is 5.02 Å². The Labute approximate surface area is 209 Å². The summed E-state index contributed by atoms with van der Waals surface area (Å²) in [6, 6.07) is 16.3. The third kappa shape index (κ3) is 4.99. The highest BCUT2D eigenvalue weighted by atomic mass is 35.5. The number of nitrogens with one attached hydrogen (secondary N) is 2. The quantitative estimate of drug-likeness (QED) is 0.306. The highest BCUT2D eigenvalue weighted by Crippen LogP contribution is 2.28. The highest BCUT2D eigenvalue weighted by Gasteiger charge is 2.17. The third-order valence-corrected chi connectivity index (χ3v) is 7.46. The van der Waals surface area contributed by atoms with Gasteiger partial charge in [-0.25, -0.2) is 18.4 Å². The second-order valence-electron chi connectivity index (χ2n) is 7.38. The van der Waals surface area contributed by atoms with Crippen molar-refractivity contribution in [3.8, 4) is 11.3 Å². The molecule has 0 atom stereocenters. The molecule has 5 aromatic rings. The molecule has 5 rings (SSSR count). The molecule has 3 heterocycles. The Morgan fingerprint density at radius 3 is 2.54 bits per heavy atom. The number of fused-ring (bicyclic) bond motifs is 1. The SMILES string of the molecule is O=C(Nc1ccc(S(=O)(=O)Nc2nccs2)cc1)c1cc(-c2cccnc2)nc2ccc(Cl)cc12. The maximum atomic E-state index is 13.3. The summed E-state index contributed by atoms with van der Waals surface area (Å²) in [6.07, 6.45) is 4.84. The van der Waals surface area contributed by atoms with E-state index in [0.717, 1.165) is 5.56 Å². The molecule has 8 nitrogen and oxygen atoms in total. The lowest BCUT2D eigenvalue weighted by Crippen LogP contribution is -2.14. The normalized spacial score (nSPS) is 11.3. The molecule has 0 aliphatic heterocycles. The van der Waals surface area contributed by atoms with E-state index in [1.807, 2.05) is 6.07 Å². The molecule has 174 valence electrons. The van der Waals surface area contributed by atoms with E-state index in [1.54, 1.807) is 48.1 Å². The molecule has 0 aliphatic carbocycles. The molecule has 0 saturated heterocycles. The minimum absolute atomic E-state index is 0.0469. The lowest BCUT2D eigenvalue weighted by Gasteiger charge is -2.12. The van der Waals surface area contributed by atoms with Gasteiger partial charge in [-0.2, -0.15) is 0 Å². The van der Waals surface area contributed by atoms with E-state index in [1.165, 1.54) is 41.8 Å². The van der Waals surface area contributed by atoms with Crippen LogP contribution in [0.4, 0.5) is 10.8 Å². The van der Waals surface area contributed by atoms with Crippen LogP contribution in [0.25, 0.3) is 22.2 Å². The molecule has 2 aromatic carbocycles. The van der Waals surface area contributed by atoms with Gasteiger partial charge in [0.15, 0.2) is 5.13 Å². The number of thiazole rings is 1. The minimum Gasteiger partial charge on any atom is -0.322 e. The monoisotopic (exact) mass is 521 g/mol. The van der Waals surface area contributed by atoms with Crippen LogP contribution >= 0.6 is 22.9 Å². The summed E-state index contributed by atoms with van der Waals surface area (Å²) in [5.74, 6) is -0.388. The van der Waals surface area contributed by atoms with E-state index in [0.29, 0.717) is 32.9 Å². The van der Waals surface area contributed by atoms with Crippen LogP contribution in [0.3, 0.4) is 0 Å². The van der Waals surface area contributed by atoms with Crippen LogP contribution in [-0.2, 0) is 10.0 Å². The van der Waals surface area contributed by atoms with E-state index in [4.69, 9.17) is 11.6 Å². The van der Waals surface area contributed by atoms with Crippen LogP contribution < -0.4 is 10.0 Å². The van der Waals surface area contributed by atoms with Crippen LogP contribution in [0.5, 0.6) is 0 Å². The molecule has 1 amide bonds. The zero-order valence-corrected chi connectivity index (χ0v) is 20.2. The molecule has 3 aromatic heterocycles. The Morgan fingerprint density at radius 2 is 1.83 bits per heavy atom. The second kappa shape index (κ2) is 9.41. The Hall–Kier alpha value is -3.86. The van der Waals surface area contributed by atoms with Crippen molar-refractivity contribution in [1.82, 2.24) is 15.0 Å². The molecule has 2 N–H and O–H groups in total. The zero-order chi connectivity index (χ0) is 24.4. The lowest BCUT2D eigenvalue weighted by molar-refractivity contribution is 0.102. The van der Waals surface area contributed by atoms with Crippen molar-refractivity contribution in [3.05, 3.63) is 95.2 Å². The molecule has 0 bridgehead atoms. The van der Waals surface area contributed by atoms with Crippen molar-refractivity contribution < 1.29 is 13.2 Å². The molecule has 0 aliphatic rings. The first-order chi connectivity index (χ1) is 16.9. The first-order valence-electron chi connectivity index (χ1n) is 10.2. The van der Waals surface area contributed by atoms with Gasteiger partial charge in [0, 0.05) is 45.6 Å². The van der Waals surface area contributed by atoms with Gasteiger partial charge in [-0.3, -0.25) is 14.5 Å². The van der Waals surface area contributed by atoms with Gasteiger partial charge in [-0.05, 0) is 60.7 Å². The average molecular weight is 522 g/mol. The third-order valence-electron chi connectivity index (χ3n) is 5.05. The van der Waals surface area contributed by atoms with Gasteiger partial charge in [-0.1, -0.05) is 11.6 Å². The Bertz CT molecular complexity index is 1630. The average Bonchev–Trinajstić information content (AvgIpc) is 3.36. The van der Waals surface area contributed by atoms with E-state index in [-0.39, 0.29) is 15.9 Å². The molecule has 0 spiro atoms. The molecule has 0 saturated carbocycles. The summed E-state index contributed by atoms with van der Waals surface area (Å²) >= 11 is 7.37. The van der Waals surface area contributed by atoms with E-state index < -0.39 is 10.0 Å². The number of halogens is 1. The van der Waals surface area contributed by atoms with E-state index in [9.17, 15) is 13.2 Å². The Morgan fingerprint density at radius 1 is 1.00 bits per heavy atom. The molecule has 11 heteroatoms. The number of benzene rings is 2. The van der Waals surface area contributed by atoms with Crippen LogP contribution in [0, 0.1) is 0 Å². The fourth-order valence-electron chi connectivity index (χ4n) is 3.41. The standard InChI is InChI=1S/C24H16ClN5O3S2/c25-16-3-8-21-19(12-16)20(13-22(29-21)15-2-1-9-26-14-15)23(31)28-17-4-6-18(7-5-17)35(32,33)30-24-27-10-11-34-24/h1-14H,(H,27,30)(H,28,31). The number of aromatic nitrogens is 3. The maximum absolute atomic E-state index is 13.3. The van der Waals surface area contributed by atoms with Gasteiger partial charge in [0.2, 0.25) is 0 Å². The van der Waals surface area contributed by atoms with Gasteiger partial charge in [0.25, 0.3) is 15.9 Å². The summed E-state index contributed by atoms with van der Waals surface area (Å²) in [5.41, 5.74) is 2.76. The summed E-state index contributed by atoms with van der Waals surface area (Å²) in [6.45, 7) is 0. The molecular formula is C24H16ClN5O3S2. The first-order valence-corrected chi connectivity index (χ1v) is 13.0. The van der Waals surface area contributed by atoms with Gasteiger partial charge in [-0.15, -0.1) is 11.3 Å². The number of sulfonamides is 1. The Kier molecular flexibility index (Phi) is 6.16. The summed E-state index contributed by atoms with van der Waals surface area (Å²) in [7, 11) is -3.79. The number of hydrogen-bond donors (Lipinski definition) is 2. The number of carbonyl (C=O) groups excluding carboxylic acids is 1. The van der Waals surface area contributed by atoms with E-state index in [2.05, 4.69) is 25.0 Å². The summed E-state index contributed by atoms with van der Waals surface area (Å²) < 4.78 is 27.5. The Balaban J connectivity index is 1.45. The van der Waals surface area contributed by atoms with Crippen molar-refractivity contribution in [2.24, 2.45) is 0 Å². The second-order valence-corrected chi connectivity index (χ2v) is 10.4. The summed E-state index contributed by atoms with van der Waals surface area (Å²) in [4.78, 5) is 26.0. The number of carbonyl (C=O) groups is 1. The largest absolute Gasteiger partial charge is 0.322 e. The number of rotatable bonds is 6. The fourth-order valence-corrected chi connectivity index (χ4v) is 5.37. The first kappa shape index (κ1) is 22.9. The van der Waals surface area contributed by atoms with Gasteiger partial charge < -0.3 is 5.32 Å². The number of pyridine rings is 2. The van der Waals surface area contributed by atoms with Crippen molar-refractivity contribution in [2.45, 2.75) is 4.90 Å². The molecular weight excluding hydrogens is 506 g/mol. The molecule has 35 heavy (non-hydrogen) atoms. The number of hydrogen-bond acceptors (Lipinski definition) is 7. The maximum Gasteiger partial charge on any atom is 0.263 e. The van der Waals surface area contributed by atoms with Gasteiger partial charge in [0.1, 0.15) is 0 Å². The molecule has 0 fully saturated rings. The van der Waals surface area contributed by atoms with Crippen LogP contribution in [0.1, 0.15) is 10.4 Å². The summed E-state index contributed by atoms with van der Waals surface area (Å²) in [5, 5.41) is 5.84. The number of amides is 1. The van der Waals surface area contributed by atoms with Crippen molar-refractivity contribution in [3.63, 3.8) is 0 Å². The number of nitrogens with zero attached hydrogens (tertiary/aromatic N) is 3. The smallest absolute Gasteiger partial charge is 0.263 e. The topological polar surface area (TPSA) is 114 Å². The van der Waals surface area contributed by atoms with Crippen LogP contribution in [0.15, 0.2) is 89.5 Å². The number of anilines is 2. The van der Waals surface area contributed by atoms with Crippen molar-refractivity contribution >= 4 is 60.6 Å². The van der Waals surface area contributed by atoms with Gasteiger partial charge >= 0.3 is 0 Å². The van der Waals surface area contributed by atoms with Gasteiger partial charge in [0.05, 0.1) is 21.7 Å². The predicted octanol–water partition coefficient (Wildman–Crippen LogP) is 5.46. The predicted molar refractivity (Wildman–Crippen MR) is 137 cm³/mol. The molecule has 0 unspecified atom stereocenters. The zero-order valence-electron chi connectivity index (χ0n) is 17.8. The highest BCUT2D eigenvalue weighted by molar-refractivity contribution is 7.93. The van der Waals surface area contributed by atoms with E-state index >= 15 is 0 Å². The lowest BCUT2D eigenvalue weighted by atomic mass is 10.0. The minimum atomic E-state index is -3.79. The fraction of sp³-hybridized carbons (Fsp3) is 0. The van der Waals surface area contributed by atoms with Crippen molar-refractivity contribution in [2.75, 3.05) is 10.0 Å². The van der Waals surface area contributed by atoms with Crippen molar-refractivity contribution in [1.29, 1.82) is 0 Å². The van der Waals surface area contributed by atoms with Crippen LogP contribution in [-0.4, -0.2) is 29.3 Å². The molecule has 0 radical (unpaired) electrons.